The number of nitrogens with zero attached hydrogens (tertiary/aromatic N) is 4. The Hall–Kier alpha value is -4.65. The van der Waals surface area contributed by atoms with Crippen LogP contribution >= 0.6 is 0 Å². The third-order valence-corrected chi connectivity index (χ3v) is 8.27. The minimum Gasteiger partial charge on any atom is -0.364 e. The number of amides is 2. The molecule has 208 valence electrons. The van der Waals surface area contributed by atoms with E-state index in [2.05, 4.69) is 45.9 Å². The maximum atomic E-state index is 12.8. The Morgan fingerprint density at radius 3 is 2.46 bits per heavy atom. The molecule has 2 N–H and O–H groups in total. The van der Waals surface area contributed by atoms with Crippen molar-refractivity contribution >= 4 is 22.6 Å². The maximum Gasteiger partial charge on any atom is 0.265 e. The first-order valence-corrected chi connectivity index (χ1v) is 14.3. The van der Waals surface area contributed by atoms with E-state index in [0.29, 0.717) is 24.6 Å². The number of likely N-dealkylation sites (tertiary alicyclic amines) is 1. The maximum absolute atomic E-state index is 12.8. The fourth-order valence-electron chi connectivity index (χ4n) is 5.99. The Morgan fingerprint density at radius 1 is 0.902 bits per heavy atom. The monoisotopic (exact) mass is 545 g/mol. The highest BCUT2D eigenvalue weighted by Gasteiger charge is 2.24. The molecule has 1 fully saturated rings. The van der Waals surface area contributed by atoms with E-state index in [9.17, 15) is 9.59 Å². The lowest BCUT2D eigenvalue weighted by Crippen LogP contribution is -2.39. The van der Waals surface area contributed by atoms with Crippen molar-refractivity contribution in [2.45, 2.75) is 38.8 Å². The van der Waals surface area contributed by atoms with Crippen LogP contribution in [-0.2, 0) is 24.3 Å². The molecule has 5 aromatic rings. The van der Waals surface area contributed by atoms with Gasteiger partial charge in [0.1, 0.15) is 5.69 Å². The number of rotatable bonds is 9. The number of primary amides is 1. The number of piperidine rings is 1. The van der Waals surface area contributed by atoms with Crippen molar-refractivity contribution in [3.63, 3.8) is 0 Å². The number of carbonyl (C=O) groups excluding carboxylic acids is 2. The number of hydrogen-bond donors (Lipinski definition) is 1. The van der Waals surface area contributed by atoms with Gasteiger partial charge in [0, 0.05) is 44.0 Å². The summed E-state index contributed by atoms with van der Waals surface area (Å²) in [5.74, 6) is 0.253. The Labute approximate surface area is 240 Å². The summed E-state index contributed by atoms with van der Waals surface area (Å²) in [5.41, 5.74) is 10.5. The highest BCUT2D eigenvalue weighted by atomic mass is 16.2. The van der Waals surface area contributed by atoms with Crippen LogP contribution in [-0.4, -0.2) is 43.9 Å². The molecule has 3 aromatic carbocycles. The van der Waals surface area contributed by atoms with Crippen molar-refractivity contribution in [1.29, 1.82) is 0 Å². The minimum absolute atomic E-state index is 0.240. The SMILES string of the molecule is NC(=O)c1cc(-c2cccc3ccccc23)cn1Cc1cncn1CC1CCN(C(=O)CCc2ccccc2)CC1. The van der Waals surface area contributed by atoms with E-state index in [1.54, 1.807) is 0 Å². The van der Waals surface area contributed by atoms with Crippen molar-refractivity contribution < 1.29 is 9.59 Å². The molecule has 0 spiro atoms. The number of aromatic nitrogens is 3. The van der Waals surface area contributed by atoms with Crippen molar-refractivity contribution in [2.75, 3.05) is 13.1 Å². The third kappa shape index (κ3) is 5.94. The molecule has 2 amide bonds. The van der Waals surface area contributed by atoms with Crippen LogP contribution in [0, 0.1) is 5.92 Å². The molecule has 0 saturated carbocycles. The zero-order valence-corrected chi connectivity index (χ0v) is 23.2. The Bertz CT molecular complexity index is 1660. The van der Waals surface area contributed by atoms with Gasteiger partial charge in [0.25, 0.3) is 5.91 Å². The second-order valence-electron chi connectivity index (χ2n) is 11.0. The minimum atomic E-state index is -0.452. The molecule has 41 heavy (non-hydrogen) atoms. The first-order chi connectivity index (χ1) is 20.0. The third-order valence-electron chi connectivity index (χ3n) is 8.27. The van der Waals surface area contributed by atoms with Gasteiger partial charge in [0.2, 0.25) is 5.91 Å². The molecule has 3 heterocycles. The topological polar surface area (TPSA) is 86.2 Å². The lowest BCUT2D eigenvalue weighted by Gasteiger charge is -2.32. The molecule has 7 heteroatoms. The summed E-state index contributed by atoms with van der Waals surface area (Å²) < 4.78 is 4.11. The summed E-state index contributed by atoms with van der Waals surface area (Å²) in [6.07, 6.45) is 9.02. The van der Waals surface area contributed by atoms with Crippen molar-refractivity contribution in [1.82, 2.24) is 19.0 Å². The fourth-order valence-corrected chi connectivity index (χ4v) is 5.99. The molecule has 6 rings (SSSR count). The number of benzene rings is 3. The molecule has 1 aliphatic rings. The van der Waals surface area contributed by atoms with E-state index in [-0.39, 0.29) is 5.91 Å². The summed E-state index contributed by atoms with van der Waals surface area (Å²) in [4.78, 5) is 31.7. The summed E-state index contributed by atoms with van der Waals surface area (Å²) in [6.45, 7) is 2.92. The van der Waals surface area contributed by atoms with E-state index in [1.807, 2.05) is 70.7 Å². The molecule has 7 nitrogen and oxygen atoms in total. The van der Waals surface area contributed by atoms with Gasteiger partial charge >= 0.3 is 0 Å². The van der Waals surface area contributed by atoms with E-state index in [1.165, 1.54) is 5.56 Å². The van der Waals surface area contributed by atoms with Crippen LogP contribution in [0.4, 0.5) is 0 Å². The smallest absolute Gasteiger partial charge is 0.265 e. The van der Waals surface area contributed by atoms with Crippen LogP contribution in [0.1, 0.15) is 41.0 Å². The molecule has 0 bridgehead atoms. The lowest BCUT2D eigenvalue weighted by molar-refractivity contribution is -0.132. The standard InChI is InChI=1S/C34H35N5O2/c35-34(41)32-19-28(31-12-6-10-27-9-4-5-11-30(27)31)22-38(32)23-29-20-36-24-39(29)21-26-15-17-37(18-16-26)33(40)14-13-25-7-2-1-3-8-25/h1-12,19-20,22,24,26H,13-18,21,23H2,(H2,35,41). The molecule has 0 unspecified atom stereocenters. The average Bonchev–Trinajstić information content (AvgIpc) is 3.63. The zero-order valence-electron chi connectivity index (χ0n) is 23.2. The Morgan fingerprint density at radius 2 is 1.66 bits per heavy atom. The lowest BCUT2D eigenvalue weighted by atomic mass is 9.96. The second kappa shape index (κ2) is 11.8. The predicted molar refractivity (Wildman–Crippen MR) is 161 cm³/mol. The number of carbonyl (C=O) groups is 2. The van der Waals surface area contributed by atoms with Crippen LogP contribution in [0.5, 0.6) is 0 Å². The highest BCUT2D eigenvalue weighted by molar-refractivity contribution is 5.99. The second-order valence-corrected chi connectivity index (χ2v) is 11.0. The van der Waals surface area contributed by atoms with E-state index in [0.717, 1.165) is 66.5 Å². The number of hydrogen-bond acceptors (Lipinski definition) is 3. The normalized spacial score (nSPS) is 14.0. The van der Waals surface area contributed by atoms with Crippen LogP contribution in [0.2, 0.25) is 0 Å². The van der Waals surface area contributed by atoms with E-state index in [4.69, 9.17) is 5.73 Å². The molecular weight excluding hydrogens is 510 g/mol. The van der Waals surface area contributed by atoms with Crippen LogP contribution < -0.4 is 5.73 Å². The van der Waals surface area contributed by atoms with Gasteiger partial charge in [-0.2, -0.15) is 0 Å². The molecule has 0 aliphatic carbocycles. The highest BCUT2D eigenvalue weighted by Crippen LogP contribution is 2.30. The van der Waals surface area contributed by atoms with Gasteiger partial charge in [0.05, 0.1) is 18.6 Å². The molecule has 1 saturated heterocycles. The van der Waals surface area contributed by atoms with Gasteiger partial charge in [-0.15, -0.1) is 0 Å². The van der Waals surface area contributed by atoms with Crippen molar-refractivity contribution in [2.24, 2.45) is 11.7 Å². The summed E-state index contributed by atoms with van der Waals surface area (Å²) in [6, 6.07) is 26.5. The van der Waals surface area contributed by atoms with Gasteiger partial charge in [-0.1, -0.05) is 72.8 Å². The number of aryl methyl sites for hydroxylation is 1. The fraction of sp³-hybridized carbons (Fsp3) is 0.265. The number of nitrogens with two attached hydrogens (primary N) is 1. The van der Waals surface area contributed by atoms with Crippen LogP contribution in [0.25, 0.3) is 21.9 Å². The van der Waals surface area contributed by atoms with E-state index >= 15 is 0 Å². The van der Waals surface area contributed by atoms with Crippen molar-refractivity contribution in [3.8, 4) is 11.1 Å². The summed E-state index contributed by atoms with van der Waals surface area (Å²) >= 11 is 0. The van der Waals surface area contributed by atoms with Crippen molar-refractivity contribution in [3.05, 3.63) is 115 Å². The van der Waals surface area contributed by atoms with Gasteiger partial charge < -0.3 is 19.8 Å². The quantitative estimate of drug-likeness (QED) is 0.265. The molecule has 1 aliphatic heterocycles. The van der Waals surface area contributed by atoms with Crippen LogP contribution in [0.3, 0.4) is 0 Å². The Balaban J connectivity index is 1.11. The number of fused-ring (bicyclic) bond motifs is 1. The van der Waals surface area contributed by atoms with Gasteiger partial charge in [-0.05, 0) is 53.1 Å². The predicted octanol–water partition coefficient (Wildman–Crippen LogP) is 5.52. The average molecular weight is 546 g/mol. The van der Waals surface area contributed by atoms with Gasteiger partial charge in [0.15, 0.2) is 0 Å². The summed E-state index contributed by atoms with van der Waals surface area (Å²) in [5, 5.41) is 2.29. The van der Waals surface area contributed by atoms with E-state index < -0.39 is 5.91 Å². The molecule has 0 radical (unpaired) electrons. The molecule has 2 aromatic heterocycles. The first kappa shape index (κ1) is 26.6. The summed E-state index contributed by atoms with van der Waals surface area (Å²) in [7, 11) is 0. The van der Waals surface area contributed by atoms with Crippen LogP contribution in [0.15, 0.2) is 97.6 Å². The van der Waals surface area contributed by atoms with Gasteiger partial charge in [-0.3, -0.25) is 9.59 Å². The molecular formula is C34H35N5O2. The largest absolute Gasteiger partial charge is 0.364 e. The zero-order chi connectivity index (χ0) is 28.2. The molecule has 0 atom stereocenters. The van der Waals surface area contributed by atoms with Gasteiger partial charge in [-0.25, -0.2) is 4.98 Å². The first-order valence-electron chi connectivity index (χ1n) is 14.3. The Kier molecular flexibility index (Phi) is 7.67. The number of imidazole rings is 1.